The molecular formula is C16H17ClN2O6. The van der Waals surface area contributed by atoms with E-state index in [0.717, 1.165) is 0 Å². The Bertz CT molecular complexity index is 746. The molecule has 0 spiro atoms. The Labute approximate surface area is 148 Å². The number of nitrogens with one attached hydrogen (secondary N) is 1. The maximum atomic E-state index is 11.9. The first kappa shape index (κ1) is 18.8. The molecule has 0 radical (unpaired) electrons. The number of hydrogen-bond donors (Lipinski definition) is 1. The number of benzene rings is 1. The molecule has 0 aliphatic rings. The molecule has 0 bridgehead atoms. The minimum atomic E-state index is -0.542. The van der Waals surface area contributed by atoms with Crippen LogP contribution in [0, 0.1) is 10.1 Å². The van der Waals surface area contributed by atoms with Crippen LogP contribution in [0.25, 0.3) is 0 Å². The number of carbonyl (C=O) groups excluding carboxylic acids is 1. The molecule has 8 nitrogen and oxygen atoms in total. The Kier molecular flexibility index (Phi) is 6.79. The average Bonchev–Trinajstić information content (AvgIpc) is 3.06. The van der Waals surface area contributed by atoms with Gasteiger partial charge in [0, 0.05) is 32.4 Å². The lowest BCUT2D eigenvalue weighted by Crippen LogP contribution is -2.24. The van der Waals surface area contributed by atoms with Gasteiger partial charge in [-0.15, -0.1) is 0 Å². The van der Waals surface area contributed by atoms with Gasteiger partial charge in [-0.05, 0) is 24.6 Å². The zero-order valence-corrected chi connectivity index (χ0v) is 14.2. The number of nitrogens with zero attached hydrogens (tertiary/aromatic N) is 1. The van der Waals surface area contributed by atoms with Crippen LogP contribution in [0.1, 0.15) is 22.7 Å². The summed E-state index contributed by atoms with van der Waals surface area (Å²) < 4.78 is 15.8. The maximum absolute atomic E-state index is 11.9. The van der Waals surface area contributed by atoms with E-state index in [0.29, 0.717) is 25.3 Å². The minimum absolute atomic E-state index is 0.0362. The second kappa shape index (κ2) is 9.05. The zero-order chi connectivity index (χ0) is 18.2. The topological polar surface area (TPSA) is 104 Å². The molecule has 134 valence electrons. The number of rotatable bonds is 9. The molecule has 0 unspecified atom stereocenters. The van der Waals surface area contributed by atoms with Gasteiger partial charge >= 0.3 is 0 Å². The van der Waals surface area contributed by atoms with Crippen molar-refractivity contribution in [1.29, 1.82) is 0 Å². The van der Waals surface area contributed by atoms with Crippen LogP contribution in [0.3, 0.4) is 0 Å². The summed E-state index contributed by atoms with van der Waals surface area (Å²) in [6.45, 7) is 1.08. The molecule has 1 N–H and O–H groups in total. The summed E-state index contributed by atoms with van der Waals surface area (Å²) in [5.74, 6) is 0.562. The van der Waals surface area contributed by atoms with Crippen molar-refractivity contribution in [3.63, 3.8) is 0 Å². The number of nitro benzene ring substituents is 1. The first-order chi connectivity index (χ1) is 12.0. The Morgan fingerprint density at radius 2 is 2.16 bits per heavy atom. The number of nitro groups is 1. The first-order valence-corrected chi connectivity index (χ1v) is 7.81. The molecule has 9 heteroatoms. The second-order valence-corrected chi connectivity index (χ2v) is 5.44. The number of amides is 1. The number of non-ortho nitro benzene ring substituents is 1. The highest BCUT2D eigenvalue weighted by Crippen LogP contribution is 2.29. The summed E-state index contributed by atoms with van der Waals surface area (Å²) in [5, 5.41) is 13.5. The monoisotopic (exact) mass is 368 g/mol. The van der Waals surface area contributed by atoms with Crippen molar-refractivity contribution in [1.82, 2.24) is 5.32 Å². The molecule has 2 aromatic rings. The normalized spacial score (nSPS) is 10.5. The third-order valence-corrected chi connectivity index (χ3v) is 3.49. The van der Waals surface area contributed by atoms with Crippen molar-refractivity contribution >= 4 is 23.2 Å². The lowest BCUT2D eigenvalue weighted by Gasteiger charge is -2.06. The van der Waals surface area contributed by atoms with E-state index in [2.05, 4.69) is 5.32 Å². The average molecular weight is 369 g/mol. The summed E-state index contributed by atoms with van der Waals surface area (Å²) in [4.78, 5) is 22.0. The van der Waals surface area contributed by atoms with E-state index in [9.17, 15) is 14.9 Å². The molecule has 2 rings (SSSR count). The van der Waals surface area contributed by atoms with E-state index in [-0.39, 0.29) is 34.7 Å². The van der Waals surface area contributed by atoms with Crippen LogP contribution in [-0.2, 0) is 11.3 Å². The third kappa shape index (κ3) is 5.47. The van der Waals surface area contributed by atoms with Gasteiger partial charge in [-0.3, -0.25) is 14.9 Å². The van der Waals surface area contributed by atoms with E-state index >= 15 is 0 Å². The smallest absolute Gasteiger partial charge is 0.286 e. The summed E-state index contributed by atoms with van der Waals surface area (Å²) in [5.41, 5.74) is -0.122. The predicted octanol–water partition coefficient (Wildman–Crippen LogP) is 3.19. The van der Waals surface area contributed by atoms with Crippen molar-refractivity contribution < 1.29 is 23.6 Å². The van der Waals surface area contributed by atoms with Crippen molar-refractivity contribution in [3.05, 3.63) is 57.0 Å². The maximum Gasteiger partial charge on any atom is 0.286 e. The van der Waals surface area contributed by atoms with Crippen molar-refractivity contribution in [3.8, 4) is 5.75 Å². The molecule has 1 aromatic heterocycles. The fourth-order valence-corrected chi connectivity index (χ4v) is 2.18. The minimum Gasteiger partial charge on any atom is -0.484 e. The van der Waals surface area contributed by atoms with Gasteiger partial charge in [-0.1, -0.05) is 11.6 Å². The van der Waals surface area contributed by atoms with Crippen LogP contribution in [-0.4, -0.2) is 31.1 Å². The van der Waals surface area contributed by atoms with Gasteiger partial charge in [0.25, 0.3) is 11.6 Å². The summed E-state index contributed by atoms with van der Waals surface area (Å²) >= 11 is 5.94. The fourth-order valence-electron chi connectivity index (χ4n) is 1.95. The molecule has 0 atom stereocenters. The second-order valence-electron chi connectivity index (χ2n) is 5.03. The van der Waals surface area contributed by atoms with E-state index < -0.39 is 4.92 Å². The van der Waals surface area contributed by atoms with E-state index in [1.54, 1.807) is 19.2 Å². The van der Waals surface area contributed by atoms with Gasteiger partial charge in [-0.25, -0.2) is 0 Å². The third-order valence-electron chi connectivity index (χ3n) is 3.19. The standard InChI is InChI=1S/C16H17ClN2O6/c1-23-8-2-7-18-16(20)15-6-4-12(25-15)10-24-14-5-3-11(19(21)22)9-13(14)17/h3-6,9H,2,7-8,10H2,1H3,(H,18,20). The molecule has 0 saturated carbocycles. The van der Waals surface area contributed by atoms with Gasteiger partial charge in [0.15, 0.2) is 5.76 Å². The van der Waals surface area contributed by atoms with Gasteiger partial charge in [0.1, 0.15) is 18.1 Å². The quantitative estimate of drug-likeness (QED) is 0.414. The lowest BCUT2D eigenvalue weighted by atomic mass is 10.3. The SMILES string of the molecule is COCCCNC(=O)c1ccc(COc2ccc([N+](=O)[O-])cc2Cl)o1. The van der Waals surface area contributed by atoms with Crippen molar-refractivity contribution in [2.45, 2.75) is 13.0 Å². The summed E-state index contributed by atoms with van der Waals surface area (Å²) in [6, 6.07) is 7.07. The molecule has 25 heavy (non-hydrogen) atoms. The molecular weight excluding hydrogens is 352 g/mol. The molecule has 1 amide bonds. The molecule has 1 heterocycles. The fraction of sp³-hybridized carbons (Fsp3) is 0.312. The first-order valence-electron chi connectivity index (χ1n) is 7.44. The summed E-state index contributed by atoms with van der Waals surface area (Å²) in [6.07, 6.45) is 0.706. The largest absolute Gasteiger partial charge is 0.484 e. The highest BCUT2D eigenvalue weighted by molar-refractivity contribution is 6.32. The molecule has 0 saturated heterocycles. The van der Waals surface area contributed by atoms with Gasteiger partial charge in [0.05, 0.1) is 9.95 Å². The predicted molar refractivity (Wildman–Crippen MR) is 90.0 cm³/mol. The van der Waals surface area contributed by atoms with E-state index in [4.69, 9.17) is 25.5 Å². The molecule has 0 aliphatic heterocycles. The van der Waals surface area contributed by atoms with Crippen LogP contribution in [0.15, 0.2) is 34.7 Å². The van der Waals surface area contributed by atoms with Gasteiger partial charge in [0.2, 0.25) is 0 Å². The van der Waals surface area contributed by atoms with Crippen LogP contribution in [0.2, 0.25) is 5.02 Å². The Balaban J connectivity index is 1.89. The van der Waals surface area contributed by atoms with Crippen molar-refractivity contribution in [2.75, 3.05) is 20.3 Å². The Morgan fingerprint density at radius 3 is 2.84 bits per heavy atom. The zero-order valence-electron chi connectivity index (χ0n) is 13.5. The number of hydrogen-bond acceptors (Lipinski definition) is 6. The van der Waals surface area contributed by atoms with Crippen LogP contribution < -0.4 is 10.1 Å². The van der Waals surface area contributed by atoms with Crippen LogP contribution in [0.5, 0.6) is 5.75 Å². The van der Waals surface area contributed by atoms with Gasteiger partial charge in [-0.2, -0.15) is 0 Å². The van der Waals surface area contributed by atoms with E-state index in [1.807, 2.05) is 0 Å². The molecule has 0 aliphatic carbocycles. The number of furan rings is 1. The number of halogens is 1. The number of methoxy groups -OCH3 is 1. The highest BCUT2D eigenvalue weighted by Gasteiger charge is 2.13. The Hall–Kier alpha value is -2.58. The number of ether oxygens (including phenoxy) is 2. The van der Waals surface area contributed by atoms with Crippen LogP contribution >= 0.6 is 11.6 Å². The highest BCUT2D eigenvalue weighted by atomic mass is 35.5. The molecule has 0 fully saturated rings. The van der Waals surface area contributed by atoms with Crippen LogP contribution in [0.4, 0.5) is 5.69 Å². The van der Waals surface area contributed by atoms with Crippen molar-refractivity contribution in [2.24, 2.45) is 0 Å². The van der Waals surface area contributed by atoms with Gasteiger partial charge < -0.3 is 19.2 Å². The lowest BCUT2D eigenvalue weighted by molar-refractivity contribution is -0.384. The Morgan fingerprint density at radius 1 is 1.36 bits per heavy atom. The number of carbonyl (C=O) groups is 1. The molecule has 1 aromatic carbocycles. The summed E-state index contributed by atoms with van der Waals surface area (Å²) in [7, 11) is 1.60. The van der Waals surface area contributed by atoms with E-state index in [1.165, 1.54) is 18.2 Å².